The minimum absolute atomic E-state index is 0.0139. The van der Waals surface area contributed by atoms with Gasteiger partial charge in [-0.15, -0.1) is 11.8 Å². The van der Waals surface area contributed by atoms with Gasteiger partial charge in [-0.1, -0.05) is 49.4 Å². The molecule has 160 valence electrons. The predicted molar refractivity (Wildman–Crippen MR) is 127 cm³/mol. The Morgan fingerprint density at radius 1 is 0.903 bits per heavy atom. The van der Waals surface area contributed by atoms with Gasteiger partial charge in [-0.3, -0.25) is 9.59 Å². The molecule has 0 spiro atoms. The second kappa shape index (κ2) is 11.2. The van der Waals surface area contributed by atoms with Crippen LogP contribution in [0.5, 0.6) is 5.75 Å². The highest BCUT2D eigenvalue weighted by atomic mass is 32.2. The summed E-state index contributed by atoms with van der Waals surface area (Å²) in [5.74, 6) is 0.530. The summed E-state index contributed by atoms with van der Waals surface area (Å²) < 4.78 is 5.25. The van der Waals surface area contributed by atoms with Crippen LogP contribution in [0.4, 0.5) is 11.4 Å². The molecule has 0 aromatic heterocycles. The fraction of sp³-hybridized carbons (Fsp3) is 0.200. The first-order chi connectivity index (χ1) is 15.1. The first-order valence-electron chi connectivity index (χ1n) is 10.2. The van der Waals surface area contributed by atoms with Gasteiger partial charge in [0.1, 0.15) is 11.0 Å². The second-order valence-corrected chi connectivity index (χ2v) is 8.13. The van der Waals surface area contributed by atoms with Crippen molar-refractivity contribution in [2.45, 2.75) is 29.9 Å². The number of ether oxygens (including phenoxy) is 1. The molecule has 0 heterocycles. The standard InChI is InChI=1S/C25H26N2O3S/c1-3-9-23(28)26-20-13-8-15-22(17-20)31-24(18-10-5-4-6-11-18)25(29)27-19-12-7-14-21(16-19)30-2/h4-8,10-17,24H,3,9H2,1-2H3,(H,26,28)(H,27,29). The molecule has 3 aromatic carbocycles. The summed E-state index contributed by atoms with van der Waals surface area (Å²) in [4.78, 5) is 26.1. The molecule has 3 aromatic rings. The number of amides is 2. The third-order valence-electron chi connectivity index (χ3n) is 4.53. The quantitative estimate of drug-likeness (QED) is 0.411. The van der Waals surface area contributed by atoms with E-state index in [-0.39, 0.29) is 11.8 Å². The van der Waals surface area contributed by atoms with Crippen molar-refractivity contribution in [2.75, 3.05) is 17.7 Å². The highest BCUT2D eigenvalue weighted by Crippen LogP contribution is 2.37. The number of benzene rings is 3. The van der Waals surface area contributed by atoms with Gasteiger partial charge in [-0.05, 0) is 42.3 Å². The summed E-state index contributed by atoms with van der Waals surface area (Å²) in [6.07, 6.45) is 1.27. The smallest absolute Gasteiger partial charge is 0.242 e. The maximum absolute atomic E-state index is 13.2. The van der Waals surface area contributed by atoms with Crippen molar-refractivity contribution < 1.29 is 14.3 Å². The molecule has 0 bridgehead atoms. The number of rotatable bonds is 9. The van der Waals surface area contributed by atoms with Crippen LogP contribution in [0.1, 0.15) is 30.6 Å². The average Bonchev–Trinajstić information content (AvgIpc) is 2.78. The second-order valence-electron chi connectivity index (χ2n) is 6.96. The fourth-order valence-electron chi connectivity index (χ4n) is 3.04. The molecule has 1 unspecified atom stereocenters. The molecule has 5 nitrogen and oxygen atoms in total. The number of methoxy groups -OCH3 is 1. The van der Waals surface area contributed by atoms with Gasteiger partial charge in [0.05, 0.1) is 7.11 Å². The van der Waals surface area contributed by atoms with Crippen molar-refractivity contribution in [3.05, 3.63) is 84.4 Å². The largest absolute Gasteiger partial charge is 0.497 e. The van der Waals surface area contributed by atoms with Crippen molar-refractivity contribution in [3.63, 3.8) is 0 Å². The molecule has 2 N–H and O–H groups in total. The number of hydrogen-bond donors (Lipinski definition) is 2. The average molecular weight is 435 g/mol. The predicted octanol–water partition coefficient (Wildman–Crippen LogP) is 5.91. The molecule has 0 saturated heterocycles. The molecular formula is C25H26N2O3S. The molecule has 3 rings (SSSR count). The van der Waals surface area contributed by atoms with Crippen LogP contribution in [0.15, 0.2) is 83.8 Å². The number of hydrogen-bond acceptors (Lipinski definition) is 4. The lowest BCUT2D eigenvalue weighted by atomic mass is 10.1. The zero-order valence-electron chi connectivity index (χ0n) is 17.6. The summed E-state index contributed by atoms with van der Waals surface area (Å²) >= 11 is 1.44. The molecule has 0 aliphatic heterocycles. The van der Waals surface area contributed by atoms with E-state index in [9.17, 15) is 9.59 Å². The van der Waals surface area contributed by atoms with E-state index in [0.29, 0.717) is 17.9 Å². The fourth-order valence-corrected chi connectivity index (χ4v) is 4.13. The van der Waals surface area contributed by atoms with Gasteiger partial charge in [-0.2, -0.15) is 0 Å². The highest BCUT2D eigenvalue weighted by molar-refractivity contribution is 8.00. The lowest BCUT2D eigenvalue weighted by molar-refractivity contribution is -0.116. The highest BCUT2D eigenvalue weighted by Gasteiger charge is 2.22. The maximum Gasteiger partial charge on any atom is 0.242 e. The number of anilines is 2. The Balaban J connectivity index is 1.81. The third-order valence-corrected chi connectivity index (χ3v) is 5.77. The Morgan fingerprint density at radius 2 is 1.61 bits per heavy atom. The van der Waals surface area contributed by atoms with Crippen LogP contribution in [0.2, 0.25) is 0 Å². The van der Waals surface area contributed by atoms with Crippen LogP contribution in [0, 0.1) is 0 Å². The monoisotopic (exact) mass is 434 g/mol. The van der Waals surface area contributed by atoms with Crippen molar-refractivity contribution in [1.29, 1.82) is 0 Å². The lowest BCUT2D eigenvalue weighted by Crippen LogP contribution is -2.19. The third kappa shape index (κ3) is 6.62. The van der Waals surface area contributed by atoms with E-state index in [1.165, 1.54) is 11.8 Å². The van der Waals surface area contributed by atoms with E-state index in [1.807, 2.05) is 79.7 Å². The molecular weight excluding hydrogens is 408 g/mol. The molecule has 2 amide bonds. The van der Waals surface area contributed by atoms with E-state index >= 15 is 0 Å². The summed E-state index contributed by atoms with van der Waals surface area (Å²) in [5.41, 5.74) is 2.29. The normalized spacial score (nSPS) is 11.4. The molecule has 31 heavy (non-hydrogen) atoms. The summed E-state index contributed by atoms with van der Waals surface area (Å²) in [6.45, 7) is 1.97. The van der Waals surface area contributed by atoms with Gasteiger partial charge in [0.2, 0.25) is 11.8 Å². The van der Waals surface area contributed by atoms with E-state index in [0.717, 1.165) is 22.6 Å². The van der Waals surface area contributed by atoms with Gasteiger partial charge in [-0.25, -0.2) is 0 Å². The van der Waals surface area contributed by atoms with Crippen LogP contribution in [0.3, 0.4) is 0 Å². The molecule has 0 aliphatic rings. The SMILES string of the molecule is CCCC(=O)Nc1cccc(SC(C(=O)Nc2cccc(OC)c2)c2ccccc2)c1. The van der Waals surface area contributed by atoms with E-state index in [1.54, 1.807) is 13.2 Å². The Kier molecular flexibility index (Phi) is 8.12. The van der Waals surface area contributed by atoms with E-state index in [4.69, 9.17) is 4.74 Å². The zero-order valence-corrected chi connectivity index (χ0v) is 18.4. The lowest BCUT2D eigenvalue weighted by Gasteiger charge is -2.18. The van der Waals surface area contributed by atoms with Gasteiger partial charge < -0.3 is 15.4 Å². The molecule has 0 fully saturated rings. The van der Waals surface area contributed by atoms with Gasteiger partial charge >= 0.3 is 0 Å². The summed E-state index contributed by atoms with van der Waals surface area (Å²) in [5, 5.41) is 5.44. The minimum atomic E-state index is -0.464. The van der Waals surface area contributed by atoms with Crippen molar-refractivity contribution >= 4 is 35.0 Å². The number of thioether (sulfide) groups is 1. The Bertz CT molecular complexity index is 1020. The van der Waals surface area contributed by atoms with Crippen LogP contribution in [-0.2, 0) is 9.59 Å². The summed E-state index contributed by atoms with van der Waals surface area (Å²) in [6, 6.07) is 24.5. The van der Waals surface area contributed by atoms with Gasteiger partial charge in [0, 0.05) is 28.8 Å². The Hall–Kier alpha value is -3.25. The topological polar surface area (TPSA) is 67.4 Å². The van der Waals surface area contributed by atoms with E-state index < -0.39 is 5.25 Å². The first-order valence-corrected chi connectivity index (χ1v) is 11.0. The summed E-state index contributed by atoms with van der Waals surface area (Å²) in [7, 11) is 1.59. The molecule has 0 saturated carbocycles. The maximum atomic E-state index is 13.2. The number of nitrogens with one attached hydrogen (secondary N) is 2. The van der Waals surface area contributed by atoms with E-state index in [2.05, 4.69) is 10.6 Å². The minimum Gasteiger partial charge on any atom is -0.497 e. The molecule has 6 heteroatoms. The first kappa shape index (κ1) is 22.4. The van der Waals surface area contributed by atoms with Crippen LogP contribution in [0.25, 0.3) is 0 Å². The Morgan fingerprint density at radius 3 is 2.32 bits per heavy atom. The van der Waals surface area contributed by atoms with Crippen LogP contribution in [-0.4, -0.2) is 18.9 Å². The van der Waals surface area contributed by atoms with Crippen molar-refractivity contribution in [3.8, 4) is 5.75 Å². The van der Waals surface area contributed by atoms with Gasteiger partial charge in [0.15, 0.2) is 0 Å². The van der Waals surface area contributed by atoms with Crippen LogP contribution < -0.4 is 15.4 Å². The van der Waals surface area contributed by atoms with Gasteiger partial charge in [0.25, 0.3) is 0 Å². The molecule has 0 aliphatic carbocycles. The molecule has 0 radical (unpaired) electrons. The van der Waals surface area contributed by atoms with Crippen LogP contribution >= 0.6 is 11.8 Å². The molecule has 1 atom stereocenters. The zero-order chi connectivity index (χ0) is 22.1. The van der Waals surface area contributed by atoms with Crippen molar-refractivity contribution in [2.24, 2.45) is 0 Å². The number of carbonyl (C=O) groups is 2. The van der Waals surface area contributed by atoms with Crippen molar-refractivity contribution in [1.82, 2.24) is 0 Å². The number of carbonyl (C=O) groups excluding carboxylic acids is 2. The Labute approximate surface area is 187 Å².